The number of rotatable bonds is 8. The van der Waals surface area contributed by atoms with Crippen molar-refractivity contribution in [2.24, 2.45) is 5.92 Å². The highest BCUT2D eigenvalue weighted by Crippen LogP contribution is 2.37. The van der Waals surface area contributed by atoms with E-state index in [1.54, 1.807) is 0 Å². The van der Waals surface area contributed by atoms with Crippen LogP contribution in [-0.4, -0.2) is 32.6 Å². The number of aliphatic hydroxyl groups excluding tert-OH is 1. The summed E-state index contributed by atoms with van der Waals surface area (Å²) in [7, 11) is -1.87. The van der Waals surface area contributed by atoms with Gasteiger partial charge in [0.1, 0.15) is 0 Å². The molecule has 0 aliphatic rings. The Morgan fingerprint density at radius 2 is 2.00 bits per heavy atom. The average Bonchev–Trinajstić information content (AvgIpc) is 2.51. The third-order valence-corrected chi connectivity index (χ3v) is 9.92. The zero-order chi connectivity index (χ0) is 20.0. The largest absolute Gasteiger partial charge is 0.412 e. The molecule has 1 aromatic rings. The normalized spacial score (nSPS) is 13.4. The summed E-state index contributed by atoms with van der Waals surface area (Å²) in [6, 6.07) is 5.57. The zero-order valence-corrected chi connectivity index (χ0v) is 19.4. The number of hydrogen-bond acceptors (Lipinski definition) is 3. The van der Waals surface area contributed by atoms with Crippen LogP contribution in [0.2, 0.25) is 18.1 Å². The fourth-order valence-corrected chi connectivity index (χ4v) is 3.33. The van der Waals surface area contributed by atoms with E-state index in [9.17, 15) is 4.79 Å². The molecule has 1 aromatic carbocycles. The van der Waals surface area contributed by atoms with Gasteiger partial charge in [0.25, 0.3) is 0 Å². The van der Waals surface area contributed by atoms with Gasteiger partial charge in [0.15, 0.2) is 8.32 Å². The Kier molecular flexibility index (Phi) is 8.79. The maximum Gasteiger partial charge on any atom is 0.319 e. The van der Waals surface area contributed by atoms with Gasteiger partial charge in [0.05, 0.1) is 6.61 Å². The molecule has 0 saturated carbocycles. The lowest BCUT2D eigenvalue weighted by molar-refractivity contribution is 0.243. The van der Waals surface area contributed by atoms with Crippen molar-refractivity contribution in [3.05, 3.63) is 28.2 Å². The Morgan fingerprint density at radius 1 is 1.35 bits per heavy atom. The first-order valence-electron chi connectivity index (χ1n) is 9.04. The van der Waals surface area contributed by atoms with Crippen molar-refractivity contribution < 1.29 is 14.3 Å². The SMILES string of the molecule is CC(CCO)CNC(=O)Nc1cc(Br)ccc1CO[Si](C)(C)C(C)(C)C. The first-order chi connectivity index (χ1) is 12.0. The number of hydrogen-bond donors (Lipinski definition) is 3. The Labute approximate surface area is 167 Å². The second kappa shape index (κ2) is 9.87. The van der Waals surface area contributed by atoms with Gasteiger partial charge in [-0.05, 0) is 42.6 Å². The van der Waals surface area contributed by atoms with Gasteiger partial charge in [-0.3, -0.25) is 0 Å². The molecular weight excluding hydrogens is 412 g/mol. The lowest BCUT2D eigenvalue weighted by atomic mass is 10.1. The van der Waals surface area contributed by atoms with Gasteiger partial charge in [0, 0.05) is 28.9 Å². The highest BCUT2D eigenvalue weighted by atomic mass is 79.9. The van der Waals surface area contributed by atoms with Crippen molar-refractivity contribution in [1.29, 1.82) is 0 Å². The van der Waals surface area contributed by atoms with Crippen molar-refractivity contribution in [3.63, 3.8) is 0 Å². The molecule has 2 amide bonds. The minimum atomic E-state index is -1.87. The van der Waals surface area contributed by atoms with Crippen molar-refractivity contribution >= 4 is 36.0 Å². The second-order valence-corrected chi connectivity index (χ2v) is 14.0. The number of aliphatic hydroxyl groups is 1. The Bertz CT molecular complexity index is 603. The van der Waals surface area contributed by atoms with Gasteiger partial charge in [-0.1, -0.05) is 49.7 Å². The molecule has 0 radical (unpaired) electrons. The van der Waals surface area contributed by atoms with Gasteiger partial charge < -0.3 is 20.2 Å². The van der Waals surface area contributed by atoms with Crippen LogP contribution in [-0.2, 0) is 11.0 Å². The third kappa shape index (κ3) is 7.38. The summed E-state index contributed by atoms with van der Waals surface area (Å²) >= 11 is 3.46. The summed E-state index contributed by atoms with van der Waals surface area (Å²) in [5.41, 5.74) is 1.70. The van der Waals surface area contributed by atoms with E-state index in [0.29, 0.717) is 19.6 Å². The maximum absolute atomic E-state index is 12.2. The van der Waals surface area contributed by atoms with E-state index in [2.05, 4.69) is 60.4 Å². The van der Waals surface area contributed by atoms with E-state index in [1.165, 1.54) is 0 Å². The highest BCUT2D eigenvalue weighted by Gasteiger charge is 2.37. The molecule has 5 nitrogen and oxygen atoms in total. The molecule has 1 rings (SSSR count). The summed E-state index contributed by atoms with van der Waals surface area (Å²) in [6.45, 7) is 14.2. The first-order valence-corrected chi connectivity index (χ1v) is 12.7. The van der Waals surface area contributed by atoms with Gasteiger partial charge in [-0.15, -0.1) is 0 Å². The smallest absolute Gasteiger partial charge is 0.319 e. The van der Waals surface area contributed by atoms with Crippen molar-refractivity contribution in [2.45, 2.75) is 58.9 Å². The van der Waals surface area contributed by atoms with Crippen molar-refractivity contribution in [3.8, 4) is 0 Å². The van der Waals surface area contributed by atoms with Gasteiger partial charge >= 0.3 is 6.03 Å². The predicted octanol–water partition coefficient (Wildman–Crippen LogP) is 5.11. The van der Waals surface area contributed by atoms with Crippen LogP contribution in [0.4, 0.5) is 10.5 Å². The lowest BCUT2D eigenvalue weighted by Crippen LogP contribution is -2.40. The monoisotopic (exact) mass is 444 g/mol. The van der Waals surface area contributed by atoms with Crippen LogP contribution < -0.4 is 10.6 Å². The number of nitrogens with one attached hydrogen (secondary N) is 2. The summed E-state index contributed by atoms with van der Waals surface area (Å²) in [5, 5.41) is 14.8. The van der Waals surface area contributed by atoms with Crippen LogP contribution >= 0.6 is 15.9 Å². The standard InChI is InChI=1S/C19H33BrN2O3Si/c1-14(9-10-23)12-21-18(24)22-17-11-16(20)8-7-15(17)13-25-26(5,6)19(2,3)4/h7-8,11,14,23H,9-10,12-13H2,1-6H3,(H2,21,22,24). The number of anilines is 1. The minimum Gasteiger partial charge on any atom is -0.412 e. The van der Waals surface area contributed by atoms with Gasteiger partial charge in [-0.25, -0.2) is 4.79 Å². The molecule has 148 valence electrons. The number of urea groups is 1. The maximum atomic E-state index is 12.2. The van der Waals surface area contributed by atoms with E-state index in [0.717, 1.165) is 15.7 Å². The molecule has 0 heterocycles. The molecule has 0 saturated heterocycles. The molecule has 26 heavy (non-hydrogen) atoms. The number of amides is 2. The molecule has 0 bridgehead atoms. The summed E-state index contributed by atoms with van der Waals surface area (Å²) in [6.07, 6.45) is 0.669. The molecule has 0 aromatic heterocycles. The highest BCUT2D eigenvalue weighted by molar-refractivity contribution is 9.10. The second-order valence-electron chi connectivity index (χ2n) is 8.30. The van der Waals surface area contributed by atoms with Gasteiger partial charge in [0.2, 0.25) is 0 Å². The number of carbonyl (C=O) groups is 1. The molecular formula is C19H33BrN2O3Si. The van der Waals surface area contributed by atoms with E-state index >= 15 is 0 Å². The molecule has 7 heteroatoms. The molecule has 0 spiro atoms. The van der Waals surface area contributed by atoms with Crippen molar-refractivity contribution in [1.82, 2.24) is 5.32 Å². The molecule has 0 fully saturated rings. The zero-order valence-electron chi connectivity index (χ0n) is 16.8. The van der Waals surface area contributed by atoms with Crippen LogP contribution in [0.25, 0.3) is 0 Å². The van der Waals surface area contributed by atoms with E-state index in [4.69, 9.17) is 9.53 Å². The van der Waals surface area contributed by atoms with Crippen LogP contribution in [0.5, 0.6) is 0 Å². The molecule has 1 atom stereocenters. The minimum absolute atomic E-state index is 0.130. The van der Waals surface area contributed by atoms with E-state index in [-0.39, 0.29) is 23.6 Å². The first kappa shape index (κ1) is 23.1. The number of carbonyl (C=O) groups excluding carboxylic acids is 1. The fraction of sp³-hybridized carbons (Fsp3) is 0.632. The summed E-state index contributed by atoms with van der Waals surface area (Å²) in [4.78, 5) is 12.2. The average molecular weight is 445 g/mol. The lowest BCUT2D eigenvalue weighted by Gasteiger charge is -2.36. The van der Waals surface area contributed by atoms with Crippen LogP contribution in [0.1, 0.15) is 39.7 Å². The van der Waals surface area contributed by atoms with Gasteiger partial charge in [-0.2, -0.15) is 0 Å². The molecule has 0 aliphatic heterocycles. The number of benzene rings is 1. The van der Waals surface area contributed by atoms with Crippen LogP contribution in [0.15, 0.2) is 22.7 Å². The summed E-state index contributed by atoms with van der Waals surface area (Å²) < 4.78 is 7.20. The Hall–Kier alpha value is -0.893. The molecule has 3 N–H and O–H groups in total. The van der Waals surface area contributed by atoms with E-state index in [1.807, 2.05) is 25.1 Å². The van der Waals surface area contributed by atoms with E-state index < -0.39 is 8.32 Å². The Balaban J connectivity index is 2.77. The van der Waals surface area contributed by atoms with Crippen LogP contribution in [0, 0.1) is 5.92 Å². The Morgan fingerprint density at radius 3 is 2.58 bits per heavy atom. The quantitative estimate of drug-likeness (QED) is 0.487. The molecule has 1 unspecified atom stereocenters. The van der Waals surface area contributed by atoms with Crippen LogP contribution in [0.3, 0.4) is 0 Å². The molecule has 0 aliphatic carbocycles. The number of halogens is 1. The van der Waals surface area contributed by atoms with Crippen molar-refractivity contribution in [2.75, 3.05) is 18.5 Å². The third-order valence-electron chi connectivity index (χ3n) is 4.95. The summed E-state index contributed by atoms with van der Waals surface area (Å²) in [5.74, 6) is 0.231. The fourth-order valence-electron chi connectivity index (χ4n) is 2.02. The topological polar surface area (TPSA) is 70.6 Å². The predicted molar refractivity (Wildman–Crippen MR) is 114 cm³/mol.